The summed E-state index contributed by atoms with van der Waals surface area (Å²) in [5, 5.41) is 9.80. The average molecular weight is 663 g/mol. The van der Waals surface area contributed by atoms with Crippen LogP contribution in [0.4, 0.5) is 0 Å². The highest BCUT2D eigenvalue weighted by Crippen LogP contribution is 2.73. The van der Waals surface area contributed by atoms with Crippen molar-refractivity contribution in [2.45, 2.75) is 91.5 Å². The molecule has 1 spiro atoms. The van der Waals surface area contributed by atoms with E-state index in [4.69, 9.17) is 18.9 Å². The number of hydrogen-bond donors (Lipinski definition) is 1. The molecule has 1 aromatic carbocycles. The van der Waals surface area contributed by atoms with E-state index in [-0.39, 0.29) is 55.0 Å². The molecule has 3 aliphatic carbocycles. The van der Waals surface area contributed by atoms with Gasteiger partial charge in [0.2, 0.25) is 0 Å². The summed E-state index contributed by atoms with van der Waals surface area (Å²) in [7, 11) is 1.24. The van der Waals surface area contributed by atoms with Crippen molar-refractivity contribution in [3.63, 3.8) is 0 Å². The lowest BCUT2D eigenvalue weighted by Crippen LogP contribution is -2.69. The first-order valence-electron chi connectivity index (χ1n) is 16.8. The first-order chi connectivity index (χ1) is 22.4. The van der Waals surface area contributed by atoms with Gasteiger partial charge in [-0.15, -0.1) is 0 Å². The van der Waals surface area contributed by atoms with Crippen LogP contribution >= 0.6 is 0 Å². The topological polar surface area (TPSA) is 142 Å². The highest BCUT2D eigenvalue weighted by Gasteiger charge is 2.76. The molecule has 5 aliphatic rings. The quantitative estimate of drug-likeness (QED) is 0.294. The number of carboxylic acids is 1. The predicted molar refractivity (Wildman–Crippen MR) is 172 cm³/mol. The van der Waals surface area contributed by atoms with Gasteiger partial charge < -0.3 is 24.1 Å². The number of benzene rings is 1. The molecule has 1 aromatic rings. The van der Waals surface area contributed by atoms with Gasteiger partial charge in [-0.25, -0.2) is 4.79 Å². The van der Waals surface area contributed by atoms with Gasteiger partial charge in [0, 0.05) is 34.2 Å². The summed E-state index contributed by atoms with van der Waals surface area (Å²) in [4.78, 5) is 66.1. The van der Waals surface area contributed by atoms with Crippen LogP contribution < -0.4 is 0 Å². The second-order valence-electron chi connectivity index (χ2n) is 16.0. The van der Waals surface area contributed by atoms with E-state index in [0.29, 0.717) is 24.0 Å². The lowest BCUT2D eigenvalue weighted by atomic mass is 9.37. The Morgan fingerprint density at radius 3 is 2.42 bits per heavy atom. The Hall–Kier alpha value is -3.79. The Balaban J connectivity index is 1.60. The molecule has 0 bridgehead atoms. The van der Waals surface area contributed by atoms with E-state index in [1.807, 2.05) is 32.1 Å². The van der Waals surface area contributed by atoms with E-state index in [9.17, 15) is 29.1 Å². The van der Waals surface area contributed by atoms with E-state index in [0.717, 1.165) is 0 Å². The summed E-state index contributed by atoms with van der Waals surface area (Å²) < 4.78 is 24.4. The maximum Gasteiger partial charge on any atom is 0.338 e. The lowest BCUT2D eigenvalue weighted by Gasteiger charge is -2.67. The Labute approximate surface area is 281 Å². The Morgan fingerprint density at radius 1 is 1.08 bits per heavy atom. The van der Waals surface area contributed by atoms with Crippen molar-refractivity contribution in [3.8, 4) is 0 Å². The Morgan fingerprint density at radius 2 is 1.77 bits per heavy atom. The number of carbonyl (C=O) groups is 5. The molecule has 0 unspecified atom stereocenters. The van der Waals surface area contributed by atoms with Crippen LogP contribution in [0.5, 0.6) is 0 Å². The number of ether oxygens (including phenoxy) is 4. The number of rotatable bonds is 7. The smallest absolute Gasteiger partial charge is 0.338 e. The largest absolute Gasteiger partial charge is 0.481 e. The number of aliphatic carboxylic acids is 1. The number of Topliss-reactive ketones (excluding diaryl/α,β-unsaturated/α-hetero) is 1. The van der Waals surface area contributed by atoms with Gasteiger partial charge in [0.1, 0.15) is 12.7 Å². The average Bonchev–Trinajstić information content (AvgIpc) is 3.24. The zero-order chi connectivity index (χ0) is 35.0. The molecular formula is C38H46O10. The van der Waals surface area contributed by atoms with Gasteiger partial charge in [0.05, 0.1) is 43.1 Å². The number of fused-ring (bicyclic) bond motifs is 3. The van der Waals surface area contributed by atoms with Crippen molar-refractivity contribution >= 4 is 29.7 Å². The van der Waals surface area contributed by atoms with Crippen LogP contribution in [0.25, 0.3) is 0 Å². The van der Waals surface area contributed by atoms with Crippen molar-refractivity contribution in [2.24, 2.45) is 39.4 Å². The van der Waals surface area contributed by atoms with Gasteiger partial charge >= 0.3 is 23.9 Å². The standard InChI is InChI=1S/C38H46O10/c1-34(2,19-28(40)41)31(33(44)45-7)30-22-13-14-24-37(6,36(22,5)16-15-23(30)39)26(47-32(43)21-11-9-8-10-12-21)17-25-35(3,4)48-27-18-29(42)46-20-38(24,25)27/h8-14,24-27,31H,15-20H2,1-7H3,(H,40,41)/t24-,25-,26+,27-,31-,36+,37-,38+/m0/s1. The SMILES string of the molecule is COC(=O)[C@H](C1=C2C=C[C@@H]3[C@@]45COC(=O)C[C@@H]4OC(C)(C)[C@@H]5C[C@@H](OC(=O)c4ccccc4)[C@@]3(C)[C@]2(C)CCC1=O)C(C)(C)CC(=O)O. The third kappa shape index (κ3) is 4.80. The minimum atomic E-state index is -1.16. The number of cyclic esters (lactones) is 1. The van der Waals surface area contributed by atoms with Gasteiger partial charge in [-0.05, 0) is 55.7 Å². The Kier molecular flexibility index (Phi) is 8.09. The van der Waals surface area contributed by atoms with Crippen LogP contribution in [0, 0.1) is 39.4 Å². The predicted octanol–water partition coefficient (Wildman–Crippen LogP) is 5.49. The van der Waals surface area contributed by atoms with Crippen LogP contribution in [-0.2, 0) is 38.1 Å². The molecule has 0 amide bonds. The monoisotopic (exact) mass is 662 g/mol. The van der Waals surface area contributed by atoms with Crippen LogP contribution in [-0.4, -0.2) is 66.3 Å². The van der Waals surface area contributed by atoms with Crippen molar-refractivity contribution in [2.75, 3.05) is 13.7 Å². The summed E-state index contributed by atoms with van der Waals surface area (Å²) in [5.74, 6) is -4.40. The van der Waals surface area contributed by atoms with Crippen LogP contribution in [0.15, 0.2) is 53.6 Å². The lowest BCUT2D eigenvalue weighted by molar-refractivity contribution is -0.210. The second-order valence-corrected chi connectivity index (χ2v) is 16.0. The van der Waals surface area contributed by atoms with Gasteiger partial charge in [-0.3, -0.25) is 19.2 Å². The molecule has 8 atom stereocenters. The normalized spacial score (nSPS) is 35.7. The van der Waals surface area contributed by atoms with Crippen molar-refractivity contribution in [1.29, 1.82) is 0 Å². The molecule has 48 heavy (non-hydrogen) atoms. The fourth-order valence-electron chi connectivity index (χ4n) is 10.4. The van der Waals surface area contributed by atoms with E-state index in [2.05, 4.69) is 13.8 Å². The molecule has 6 rings (SSSR count). The fourth-order valence-corrected chi connectivity index (χ4v) is 10.4. The molecule has 2 saturated heterocycles. The summed E-state index contributed by atoms with van der Waals surface area (Å²) in [6.45, 7) is 11.7. The number of ketones is 1. The molecule has 1 saturated carbocycles. The summed E-state index contributed by atoms with van der Waals surface area (Å²) in [5.41, 5.74) is -2.87. The van der Waals surface area contributed by atoms with Gasteiger partial charge in [-0.2, -0.15) is 0 Å². The number of carbonyl (C=O) groups excluding carboxylic acids is 4. The molecule has 258 valence electrons. The first kappa shape index (κ1) is 34.1. The molecule has 0 radical (unpaired) electrons. The fraction of sp³-hybridized carbons (Fsp3) is 0.605. The molecule has 3 fully saturated rings. The van der Waals surface area contributed by atoms with Crippen molar-refractivity contribution < 1.29 is 48.0 Å². The van der Waals surface area contributed by atoms with Gasteiger partial charge in [0.25, 0.3) is 0 Å². The van der Waals surface area contributed by atoms with Crippen molar-refractivity contribution in [3.05, 3.63) is 59.2 Å². The third-order valence-corrected chi connectivity index (χ3v) is 12.8. The molecule has 10 nitrogen and oxygen atoms in total. The third-order valence-electron chi connectivity index (χ3n) is 12.8. The molecule has 2 aliphatic heterocycles. The first-order valence-corrected chi connectivity index (χ1v) is 16.8. The Bertz CT molecular complexity index is 1620. The second kappa shape index (κ2) is 11.4. The van der Waals surface area contributed by atoms with Crippen LogP contribution in [0.2, 0.25) is 0 Å². The van der Waals surface area contributed by atoms with Crippen LogP contribution in [0.3, 0.4) is 0 Å². The molecule has 1 N–H and O–H groups in total. The summed E-state index contributed by atoms with van der Waals surface area (Å²) >= 11 is 0. The molecule has 2 heterocycles. The van der Waals surface area contributed by atoms with E-state index >= 15 is 0 Å². The number of carboxylic acid groups (broad SMARTS) is 1. The molecule has 10 heteroatoms. The maximum atomic E-state index is 14.0. The number of esters is 3. The molecular weight excluding hydrogens is 616 g/mol. The number of methoxy groups -OCH3 is 1. The number of allylic oxidation sites excluding steroid dienone is 3. The summed E-state index contributed by atoms with van der Waals surface area (Å²) in [6.07, 6.45) is 3.55. The van der Waals surface area contributed by atoms with E-state index in [1.165, 1.54) is 7.11 Å². The highest BCUT2D eigenvalue weighted by molar-refractivity contribution is 6.03. The zero-order valence-electron chi connectivity index (χ0n) is 28.8. The minimum absolute atomic E-state index is 0.103. The van der Waals surface area contributed by atoms with Gasteiger partial charge in [0.15, 0.2) is 5.78 Å². The maximum absolute atomic E-state index is 14.0. The highest BCUT2D eigenvalue weighted by atomic mass is 16.6. The van der Waals surface area contributed by atoms with Gasteiger partial charge in [-0.1, -0.05) is 58.0 Å². The minimum Gasteiger partial charge on any atom is -0.481 e. The van der Waals surface area contributed by atoms with Crippen LogP contribution in [0.1, 0.15) is 84.0 Å². The van der Waals surface area contributed by atoms with Crippen molar-refractivity contribution in [1.82, 2.24) is 0 Å². The zero-order valence-corrected chi connectivity index (χ0v) is 28.8. The summed E-state index contributed by atoms with van der Waals surface area (Å²) in [6, 6.07) is 8.81. The molecule has 0 aromatic heterocycles. The number of hydrogen-bond acceptors (Lipinski definition) is 9. The van der Waals surface area contributed by atoms with E-state index < -0.39 is 63.3 Å². The van der Waals surface area contributed by atoms with E-state index in [1.54, 1.807) is 38.1 Å².